The van der Waals surface area contributed by atoms with Crippen LogP contribution < -0.4 is 0 Å². The zero-order chi connectivity index (χ0) is 5.70. The fraction of sp³-hybridized carbons (Fsp3) is 0.600. The molecule has 0 bridgehead atoms. The van der Waals surface area contributed by atoms with E-state index in [4.69, 9.17) is 5.11 Å². The molecule has 0 radical (unpaired) electrons. The van der Waals surface area contributed by atoms with Crippen LogP contribution in [0.15, 0.2) is 11.6 Å². The molecule has 1 N–H and O–H groups in total. The van der Waals surface area contributed by atoms with Gasteiger partial charge in [-0.15, -0.1) is 0 Å². The summed E-state index contributed by atoms with van der Waals surface area (Å²) in [6, 6.07) is 0. The standard InChI is InChI=1S/C5H9FO/c1-5(4-6)2-3-7/h2,7H,3-4H2,1H3/b5-2+. The van der Waals surface area contributed by atoms with Crippen molar-refractivity contribution >= 4 is 0 Å². The van der Waals surface area contributed by atoms with Crippen LogP contribution in [-0.4, -0.2) is 18.4 Å². The molecule has 0 aromatic heterocycles. The molecule has 1 nitrogen and oxygen atoms in total. The van der Waals surface area contributed by atoms with E-state index in [9.17, 15) is 4.39 Å². The molecule has 0 rings (SSSR count). The van der Waals surface area contributed by atoms with Crippen LogP contribution in [0.3, 0.4) is 0 Å². The SMILES string of the molecule is C/C(=C\CO)CF. The zero-order valence-corrected chi connectivity index (χ0v) is 4.32. The monoisotopic (exact) mass is 104 g/mol. The number of hydrogen-bond acceptors (Lipinski definition) is 1. The van der Waals surface area contributed by atoms with Crippen molar-refractivity contribution in [1.29, 1.82) is 0 Å². The van der Waals surface area contributed by atoms with E-state index in [1.165, 1.54) is 6.08 Å². The maximum Gasteiger partial charge on any atom is 0.110 e. The van der Waals surface area contributed by atoms with Crippen molar-refractivity contribution in [3.8, 4) is 0 Å². The lowest BCUT2D eigenvalue weighted by atomic mass is 10.3. The average Bonchev–Trinajstić information content (AvgIpc) is 1.68. The molecule has 0 saturated heterocycles. The fourth-order valence-corrected chi connectivity index (χ4v) is 0.210. The summed E-state index contributed by atoms with van der Waals surface area (Å²) < 4.78 is 11.4. The van der Waals surface area contributed by atoms with Crippen molar-refractivity contribution in [2.45, 2.75) is 6.92 Å². The molecule has 0 unspecified atom stereocenters. The Morgan fingerprint density at radius 3 is 2.57 bits per heavy atom. The van der Waals surface area contributed by atoms with Crippen LogP contribution in [0.2, 0.25) is 0 Å². The third-order valence-electron chi connectivity index (χ3n) is 0.651. The first-order valence-corrected chi connectivity index (χ1v) is 2.13. The van der Waals surface area contributed by atoms with Crippen molar-refractivity contribution in [2.75, 3.05) is 13.3 Å². The quantitative estimate of drug-likeness (QED) is 0.516. The molecular weight excluding hydrogens is 95.1 g/mol. The van der Waals surface area contributed by atoms with Gasteiger partial charge in [0.2, 0.25) is 0 Å². The Hall–Kier alpha value is -0.370. The molecule has 0 aliphatic heterocycles. The molecule has 0 aliphatic rings. The molecule has 0 heterocycles. The number of hydrogen-bond donors (Lipinski definition) is 1. The summed E-state index contributed by atoms with van der Waals surface area (Å²) in [6.07, 6.45) is 1.44. The Balaban J connectivity index is 3.29. The van der Waals surface area contributed by atoms with Gasteiger partial charge in [0.05, 0.1) is 6.61 Å². The van der Waals surface area contributed by atoms with Crippen molar-refractivity contribution in [2.24, 2.45) is 0 Å². The maximum absolute atomic E-state index is 11.4. The van der Waals surface area contributed by atoms with E-state index >= 15 is 0 Å². The van der Waals surface area contributed by atoms with E-state index in [0.717, 1.165) is 0 Å². The third kappa shape index (κ3) is 3.46. The second kappa shape index (κ2) is 3.81. The molecule has 0 atom stereocenters. The smallest absolute Gasteiger partial charge is 0.110 e. The van der Waals surface area contributed by atoms with Gasteiger partial charge in [-0.05, 0) is 12.5 Å². The summed E-state index contributed by atoms with van der Waals surface area (Å²) in [5, 5.41) is 8.12. The predicted molar refractivity (Wildman–Crippen MR) is 26.8 cm³/mol. The highest BCUT2D eigenvalue weighted by molar-refractivity contribution is 4.97. The molecule has 2 heteroatoms. The van der Waals surface area contributed by atoms with E-state index < -0.39 is 6.67 Å². The Bertz CT molecular complexity index is 68.5. The van der Waals surface area contributed by atoms with E-state index in [1.807, 2.05) is 0 Å². The van der Waals surface area contributed by atoms with Gasteiger partial charge in [0.1, 0.15) is 6.67 Å². The van der Waals surface area contributed by atoms with Gasteiger partial charge in [-0.25, -0.2) is 4.39 Å². The van der Waals surface area contributed by atoms with Crippen LogP contribution in [0.25, 0.3) is 0 Å². The summed E-state index contributed by atoms with van der Waals surface area (Å²) in [6.45, 7) is 1.12. The summed E-state index contributed by atoms with van der Waals surface area (Å²) in [5.41, 5.74) is 0.586. The molecule has 0 aliphatic carbocycles. The first-order chi connectivity index (χ1) is 3.31. The van der Waals surface area contributed by atoms with E-state index in [1.54, 1.807) is 6.92 Å². The molecule has 7 heavy (non-hydrogen) atoms. The number of alkyl halides is 1. The van der Waals surface area contributed by atoms with Crippen molar-refractivity contribution < 1.29 is 9.50 Å². The second-order valence-corrected chi connectivity index (χ2v) is 1.37. The first kappa shape index (κ1) is 6.63. The van der Waals surface area contributed by atoms with Gasteiger partial charge in [-0.2, -0.15) is 0 Å². The molecule has 0 aromatic rings. The number of aliphatic hydroxyl groups is 1. The topological polar surface area (TPSA) is 20.2 Å². The highest BCUT2D eigenvalue weighted by atomic mass is 19.1. The number of halogens is 1. The van der Waals surface area contributed by atoms with Gasteiger partial charge >= 0.3 is 0 Å². The summed E-state index contributed by atoms with van der Waals surface area (Å²) in [4.78, 5) is 0. The maximum atomic E-state index is 11.4. The lowest BCUT2D eigenvalue weighted by Crippen LogP contribution is -1.80. The summed E-state index contributed by atoms with van der Waals surface area (Å²) in [7, 11) is 0. The number of aliphatic hydroxyl groups excluding tert-OH is 1. The van der Waals surface area contributed by atoms with Gasteiger partial charge in [-0.3, -0.25) is 0 Å². The first-order valence-electron chi connectivity index (χ1n) is 2.13. The Labute approximate surface area is 42.5 Å². The molecule has 0 aromatic carbocycles. The third-order valence-corrected chi connectivity index (χ3v) is 0.651. The van der Waals surface area contributed by atoms with Crippen molar-refractivity contribution in [3.63, 3.8) is 0 Å². The molecular formula is C5H9FO. The lowest BCUT2D eigenvalue weighted by Gasteiger charge is -1.85. The van der Waals surface area contributed by atoms with Crippen molar-refractivity contribution in [3.05, 3.63) is 11.6 Å². The minimum atomic E-state index is -0.458. The van der Waals surface area contributed by atoms with Gasteiger partial charge in [-0.1, -0.05) is 6.08 Å². The van der Waals surface area contributed by atoms with E-state index in [-0.39, 0.29) is 6.61 Å². The largest absolute Gasteiger partial charge is 0.392 e. The van der Waals surface area contributed by atoms with Gasteiger partial charge in [0.25, 0.3) is 0 Å². The number of allylic oxidation sites excluding steroid dienone is 1. The number of rotatable bonds is 2. The lowest BCUT2D eigenvalue weighted by molar-refractivity contribution is 0.340. The summed E-state index contributed by atoms with van der Waals surface area (Å²) in [5.74, 6) is 0. The second-order valence-electron chi connectivity index (χ2n) is 1.37. The van der Waals surface area contributed by atoms with E-state index in [2.05, 4.69) is 0 Å². The van der Waals surface area contributed by atoms with Gasteiger partial charge < -0.3 is 5.11 Å². The molecule has 0 amide bonds. The van der Waals surface area contributed by atoms with E-state index in [0.29, 0.717) is 5.57 Å². The molecule has 0 fully saturated rings. The predicted octanol–water partition coefficient (Wildman–Crippen LogP) is 0.895. The summed E-state index contributed by atoms with van der Waals surface area (Å²) >= 11 is 0. The Kier molecular flexibility index (Phi) is 3.61. The highest BCUT2D eigenvalue weighted by Gasteiger charge is 1.80. The molecule has 0 spiro atoms. The van der Waals surface area contributed by atoms with Gasteiger partial charge in [0.15, 0.2) is 0 Å². The minimum absolute atomic E-state index is 0.0598. The zero-order valence-electron chi connectivity index (χ0n) is 4.32. The van der Waals surface area contributed by atoms with Crippen LogP contribution in [0.4, 0.5) is 4.39 Å². The van der Waals surface area contributed by atoms with Crippen LogP contribution >= 0.6 is 0 Å². The molecule has 0 saturated carbocycles. The van der Waals surface area contributed by atoms with Crippen molar-refractivity contribution in [1.82, 2.24) is 0 Å². The van der Waals surface area contributed by atoms with Crippen LogP contribution in [-0.2, 0) is 0 Å². The fourth-order valence-electron chi connectivity index (χ4n) is 0.210. The Morgan fingerprint density at radius 2 is 2.43 bits per heavy atom. The highest BCUT2D eigenvalue weighted by Crippen LogP contribution is 1.89. The molecule has 42 valence electrons. The van der Waals surface area contributed by atoms with Gasteiger partial charge in [0, 0.05) is 0 Å². The minimum Gasteiger partial charge on any atom is -0.392 e. The average molecular weight is 104 g/mol. The Morgan fingerprint density at radius 1 is 1.86 bits per heavy atom. The normalized spacial score (nSPS) is 12.1. The van der Waals surface area contributed by atoms with Crippen LogP contribution in [0.1, 0.15) is 6.92 Å². The van der Waals surface area contributed by atoms with Crippen LogP contribution in [0.5, 0.6) is 0 Å². The van der Waals surface area contributed by atoms with Crippen LogP contribution in [0, 0.1) is 0 Å².